The van der Waals surface area contributed by atoms with E-state index in [1.54, 1.807) is 0 Å². The van der Waals surface area contributed by atoms with Crippen LogP contribution in [0, 0.1) is 0 Å². The van der Waals surface area contributed by atoms with Gasteiger partial charge in [0.25, 0.3) is 0 Å². The summed E-state index contributed by atoms with van der Waals surface area (Å²) >= 11 is 0. The standard InChI is InChI=1S/C11H18N3.ClH/c1-12-6-8-14(9-7-12)11-4-3-5-13(2)10-11;/h3-5,10H,6-9H2,1-2H3;1H/q+1;/p-1. The number of halogens is 1. The highest BCUT2D eigenvalue weighted by Crippen LogP contribution is 2.12. The minimum Gasteiger partial charge on any atom is -1.00 e. The fourth-order valence-electron chi connectivity index (χ4n) is 1.82. The maximum Gasteiger partial charge on any atom is 0.192 e. The quantitative estimate of drug-likeness (QED) is 0.483. The van der Waals surface area contributed by atoms with Gasteiger partial charge in [-0.2, -0.15) is 0 Å². The molecule has 0 saturated carbocycles. The Balaban J connectivity index is 0.00000112. The van der Waals surface area contributed by atoms with Gasteiger partial charge in [-0.25, -0.2) is 4.57 Å². The maximum atomic E-state index is 2.44. The van der Waals surface area contributed by atoms with Gasteiger partial charge in [0.1, 0.15) is 12.7 Å². The van der Waals surface area contributed by atoms with Gasteiger partial charge in [-0.15, -0.1) is 0 Å². The van der Waals surface area contributed by atoms with Gasteiger partial charge in [0.05, 0.1) is 0 Å². The Morgan fingerprint density at radius 3 is 2.47 bits per heavy atom. The summed E-state index contributed by atoms with van der Waals surface area (Å²) in [5, 5.41) is 0. The van der Waals surface area contributed by atoms with Crippen LogP contribution in [0.1, 0.15) is 0 Å². The molecule has 0 aromatic carbocycles. The molecule has 0 bridgehead atoms. The van der Waals surface area contributed by atoms with E-state index in [9.17, 15) is 0 Å². The van der Waals surface area contributed by atoms with Crippen molar-refractivity contribution < 1.29 is 17.0 Å². The molecule has 0 atom stereocenters. The van der Waals surface area contributed by atoms with Crippen LogP contribution in [0.15, 0.2) is 24.5 Å². The SMILES string of the molecule is CN1CCN(c2ccc[n+](C)c2)CC1.[Cl-]. The Morgan fingerprint density at radius 2 is 1.87 bits per heavy atom. The van der Waals surface area contributed by atoms with Crippen LogP contribution in [0.3, 0.4) is 0 Å². The van der Waals surface area contributed by atoms with E-state index in [1.807, 2.05) is 0 Å². The molecule has 15 heavy (non-hydrogen) atoms. The van der Waals surface area contributed by atoms with E-state index >= 15 is 0 Å². The number of aryl methyl sites for hydroxylation is 1. The monoisotopic (exact) mass is 227 g/mol. The van der Waals surface area contributed by atoms with Crippen molar-refractivity contribution >= 4 is 5.69 Å². The van der Waals surface area contributed by atoms with Crippen molar-refractivity contribution in [1.29, 1.82) is 0 Å². The molecule has 0 N–H and O–H groups in total. The zero-order valence-electron chi connectivity index (χ0n) is 9.36. The lowest BCUT2D eigenvalue weighted by Crippen LogP contribution is -3.00. The molecule has 0 aliphatic carbocycles. The van der Waals surface area contributed by atoms with Gasteiger partial charge in [0.2, 0.25) is 0 Å². The largest absolute Gasteiger partial charge is 1.00 e. The van der Waals surface area contributed by atoms with E-state index in [0.717, 1.165) is 13.1 Å². The summed E-state index contributed by atoms with van der Waals surface area (Å²) in [7, 11) is 4.25. The van der Waals surface area contributed by atoms with Gasteiger partial charge in [0.15, 0.2) is 12.4 Å². The highest BCUT2D eigenvalue weighted by Gasteiger charge is 2.15. The number of piperazine rings is 1. The van der Waals surface area contributed by atoms with Crippen LogP contribution in [-0.2, 0) is 7.05 Å². The number of rotatable bonds is 1. The number of likely N-dealkylation sites (N-methyl/N-ethyl adjacent to an activating group) is 1. The Bertz CT molecular complexity index is 308. The van der Waals surface area contributed by atoms with Crippen LogP contribution in [0.4, 0.5) is 5.69 Å². The van der Waals surface area contributed by atoms with Crippen LogP contribution in [0.5, 0.6) is 0 Å². The molecule has 1 aliphatic heterocycles. The number of hydrogen-bond donors (Lipinski definition) is 0. The van der Waals surface area contributed by atoms with Crippen LogP contribution < -0.4 is 21.9 Å². The molecule has 84 valence electrons. The van der Waals surface area contributed by atoms with Gasteiger partial charge >= 0.3 is 0 Å². The predicted octanol–water partition coefficient (Wildman–Crippen LogP) is -2.73. The van der Waals surface area contributed by atoms with E-state index in [2.05, 4.69) is 53.0 Å². The molecule has 3 nitrogen and oxygen atoms in total. The smallest absolute Gasteiger partial charge is 0.192 e. The fourth-order valence-corrected chi connectivity index (χ4v) is 1.82. The second-order valence-electron chi connectivity index (χ2n) is 4.02. The molecule has 1 fully saturated rings. The van der Waals surface area contributed by atoms with Gasteiger partial charge < -0.3 is 22.2 Å². The topological polar surface area (TPSA) is 10.4 Å². The first-order valence-electron chi connectivity index (χ1n) is 5.14. The third-order valence-electron chi connectivity index (χ3n) is 2.79. The second kappa shape index (κ2) is 5.33. The lowest BCUT2D eigenvalue weighted by Gasteiger charge is -2.33. The Kier molecular flexibility index (Phi) is 4.36. The number of aromatic nitrogens is 1. The highest BCUT2D eigenvalue weighted by atomic mass is 35.5. The summed E-state index contributed by atoms with van der Waals surface area (Å²) in [6.07, 6.45) is 4.25. The summed E-state index contributed by atoms with van der Waals surface area (Å²) in [6, 6.07) is 4.29. The molecule has 4 heteroatoms. The third kappa shape index (κ3) is 3.08. The van der Waals surface area contributed by atoms with E-state index < -0.39 is 0 Å². The van der Waals surface area contributed by atoms with E-state index in [0.29, 0.717) is 0 Å². The Hall–Kier alpha value is -0.800. The van der Waals surface area contributed by atoms with Gasteiger partial charge in [0, 0.05) is 32.2 Å². The molecular weight excluding hydrogens is 210 g/mol. The van der Waals surface area contributed by atoms with Crippen molar-refractivity contribution in [3.63, 3.8) is 0 Å². The number of hydrogen-bond acceptors (Lipinski definition) is 2. The first kappa shape index (κ1) is 12.3. The van der Waals surface area contributed by atoms with Crippen molar-refractivity contribution in [2.75, 3.05) is 38.1 Å². The second-order valence-corrected chi connectivity index (χ2v) is 4.02. The summed E-state index contributed by atoms with van der Waals surface area (Å²) in [5.74, 6) is 0. The molecular formula is C11H18ClN3. The van der Waals surface area contributed by atoms with Crippen molar-refractivity contribution in [2.45, 2.75) is 0 Å². The first-order chi connectivity index (χ1) is 6.75. The molecule has 0 radical (unpaired) electrons. The van der Waals surface area contributed by atoms with E-state index in [1.165, 1.54) is 18.8 Å². The predicted molar refractivity (Wildman–Crippen MR) is 57.3 cm³/mol. The van der Waals surface area contributed by atoms with Crippen LogP contribution in [0.2, 0.25) is 0 Å². The molecule has 0 unspecified atom stereocenters. The molecule has 0 spiro atoms. The minimum absolute atomic E-state index is 0. The number of anilines is 1. The first-order valence-corrected chi connectivity index (χ1v) is 5.14. The normalized spacial score (nSPS) is 17.3. The number of pyridine rings is 1. The van der Waals surface area contributed by atoms with Crippen molar-refractivity contribution in [3.05, 3.63) is 24.5 Å². The van der Waals surface area contributed by atoms with E-state index in [4.69, 9.17) is 0 Å². The molecule has 1 aromatic rings. The van der Waals surface area contributed by atoms with Crippen LogP contribution in [0.25, 0.3) is 0 Å². The van der Waals surface area contributed by atoms with Crippen molar-refractivity contribution in [2.24, 2.45) is 7.05 Å². The average Bonchev–Trinajstić information content (AvgIpc) is 2.19. The molecule has 1 saturated heterocycles. The summed E-state index contributed by atoms with van der Waals surface area (Å²) < 4.78 is 2.10. The van der Waals surface area contributed by atoms with E-state index in [-0.39, 0.29) is 12.4 Å². The van der Waals surface area contributed by atoms with Gasteiger partial charge in [-0.05, 0) is 13.1 Å². The summed E-state index contributed by atoms with van der Waals surface area (Å²) in [6.45, 7) is 4.61. The molecule has 0 amide bonds. The van der Waals surface area contributed by atoms with Crippen molar-refractivity contribution in [3.8, 4) is 0 Å². The fraction of sp³-hybridized carbons (Fsp3) is 0.545. The van der Waals surface area contributed by atoms with Crippen LogP contribution in [-0.4, -0.2) is 38.1 Å². The lowest BCUT2D eigenvalue weighted by atomic mass is 10.3. The zero-order valence-corrected chi connectivity index (χ0v) is 10.1. The third-order valence-corrected chi connectivity index (χ3v) is 2.79. The molecule has 2 rings (SSSR count). The molecule has 2 heterocycles. The van der Waals surface area contributed by atoms with Crippen LogP contribution >= 0.6 is 0 Å². The minimum atomic E-state index is 0. The lowest BCUT2D eigenvalue weighted by molar-refractivity contribution is -0.670. The van der Waals surface area contributed by atoms with Crippen molar-refractivity contribution in [1.82, 2.24) is 4.90 Å². The van der Waals surface area contributed by atoms with Gasteiger partial charge in [-0.1, -0.05) is 0 Å². The Morgan fingerprint density at radius 1 is 1.20 bits per heavy atom. The molecule has 1 aromatic heterocycles. The highest BCUT2D eigenvalue weighted by molar-refractivity contribution is 5.42. The number of nitrogens with zero attached hydrogens (tertiary/aromatic N) is 3. The molecule has 1 aliphatic rings. The van der Waals surface area contributed by atoms with Gasteiger partial charge in [-0.3, -0.25) is 0 Å². The summed E-state index contributed by atoms with van der Waals surface area (Å²) in [4.78, 5) is 4.82. The average molecular weight is 228 g/mol. The zero-order chi connectivity index (χ0) is 9.97. The summed E-state index contributed by atoms with van der Waals surface area (Å²) in [5.41, 5.74) is 1.34. The Labute approximate surface area is 97.7 Å². The maximum absolute atomic E-state index is 2.44.